The fourth-order valence-corrected chi connectivity index (χ4v) is 3.54. The molecule has 0 radical (unpaired) electrons. The summed E-state index contributed by atoms with van der Waals surface area (Å²) < 4.78 is 0. The molecule has 1 N–H and O–H groups in total. The average Bonchev–Trinajstić information content (AvgIpc) is 2.48. The van der Waals surface area contributed by atoms with E-state index in [-0.39, 0.29) is 6.10 Å². The minimum atomic E-state index is -0.347. The van der Waals surface area contributed by atoms with Crippen LogP contribution in [0.2, 0.25) is 0 Å². The van der Waals surface area contributed by atoms with Gasteiger partial charge in [0.25, 0.3) is 0 Å². The third-order valence-electron chi connectivity index (χ3n) is 4.93. The zero-order chi connectivity index (χ0) is 14.4. The maximum absolute atomic E-state index is 9.71. The lowest BCUT2D eigenvalue weighted by atomic mass is 9.76. The van der Waals surface area contributed by atoms with Crippen molar-refractivity contribution in [2.45, 2.75) is 77.2 Å². The quantitative estimate of drug-likeness (QED) is 0.670. The SMILES string of the molecule is CCCCCC1CCC(c2cccc(C(C)O)c2)CC1. The van der Waals surface area contributed by atoms with Crippen molar-refractivity contribution in [3.8, 4) is 0 Å². The predicted molar refractivity (Wildman–Crippen MR) is 85.9 cm³/mol. The second kappa shape index (κ2) is 7.83. The van der Waals surface area contributed by atoms with Crippen molar-refractivity contribution < 1.29 is 5.11 Å². The highest BCUT2D eigenvalue weighted by Crippen LogP contribution is 2.38. The molecule has 1 unspecified atom stereocenters. The summed E-state index contributed by atoms with van der Waals surface area (Å²) in [5.74, 6) is 1.69. The van der Waals surface area contributed by atoms with Crippen molar-refractivity contribution in [1.29, 1.82) is 0 Å². The van der Waals surface area contributed by atoms with Crippen LogP contribution < -0.4 is 0 Å². The Morgan fingerprint density at radius 3 is 2.55 bits per heavy atom. The van der Waals surface area contributed by atoms with Gasteiger partial charge in [-0.25, -0.2) is 0 Å². The van der Waals surface area contributed by atoms with Crippen molar-refractivity contribution in [1.82, 2.24) is 0 Å². The van der Waals surface area contributed by atoms with Crippen LogP contribution in [0, 0.1) is 5.92 Å². The summed E-state index contributed by atoms with van der Waals surface area (Å²) in [5, 5.41) is 9.71. The molecule has 1 aliphatic carbocycles. The lowest BCUT2D eigenvalue weighted by Gasteiger charge is -2.29. The van der Waals surface area contributed by atoms with Crippen LogP contribution in [0.25, 0.3) is 0 Å². The maximum atomic E-state index is 9.71. The van der Waals surface area contributed by atoms with Crippen molar-refractivity contribution >= 4 is 0 Å². The first-order valence-electron chi connectivity index (χ1n) is 8.48. The van der Waals surface area contributed by atoms with E-state index < -0.39 is 0 Å². The molecule has 1 heteroatoms. The van der Waals surface area contributed by atoms with Gasteiger partial charge < -0.3 is 5.11 Å². The Bertz CT molecular complexity index is 389. The molecule has 0 aromatic heterocycles. The molecule has 1 nitrogen and oxygen atoms in total. The largest absolute Gasteiger partial charge is 0.389 e. The number of hydrogen-bond donors (Lipinski definition) is 1. The molecule has 0 saturated heterocycles. The summed E-state index contributed by atoms with van der Waals surface area (Å²) in [4.78, 5) is 0. The molecule has 2 rings (SSSR count). The Morgan fingerprint density at radius 1 is 1.15 bits per heavy atom. The first kappa shape index (κ1) is 15.6. The van der Waals surface area contributed by atoms with Crippen LogP contribution in [-0.2, 0) is 0 Å². The Balaban J connectivity index is 1.85. The van der Waals surface area contributed by atoms with Crippen LogP contribution in [0.3, 0.4) is 0 Å². The number of aliphatic hydroxyl groups excluding tert-OH is 1. The van der Waals surface area contributed by atoms with E-state index in [9.17, 15) is 5.11 Å². The van der Waals surface area contributed by atoms with Gasteiger partial charge in [-0.2, -0.15) is 0 Å². The summed E-state index contributed by atoms with van der Waals surface area (Å²) >= 11 is 0. The van der Waals surface area contributed by atoms with E-state index in [1.807, 2.05) is 13.0 Å². The molecule has 1 aliphatic rings. The number of aliphatic hydroxyl groups is 1. The van der Waals surface area contributed by atoms with Gasteiger partial charge in [-0.15, -0.1) is 0 Å². The molecule has 20 heavy (non-hydrogen) atoms. The Labute approximate surface area is 124 Å². The summed E-state index contributed by atoms with van der Waals surface area (Å²) in [6.07, 6.45) is 10.7. The topological polar surface area (TPSA) is 20.2 Å². The molecule has 1 aromatic rings. The van der Waals surface area contributed by atoms with E-state index in [4.69, 9.17) is 0 Å². The van der Waals surface area contributed by atoms with E-state index in [2.05, 4.69) is 25.1 Å². The van der Waals surface area contributed by atoms with Gasteiger partial charge in [0, 0.05) is 0 Å². The summed E-state index contributed by atoms with van der Waals surface area (Å²) in [6.45, 7) is 4.13. The van der Waals surface area contributed by atoms with Gasteiger partial charge >= 0.3 is 0 Å². The van der Waals surface area contributed by atoms with E-state index in [0.29, 0.717) is 0 Å². The fraction of sp³-hybridized carbons (Fsp3) is 0.684. The van der Waals surface area contributed by atoms with Gasteiger partial charge in [0.15, 0.2) is 0 Å². The third kappa shape index (κ3) is 4.34. The van der Waals surface area contributed by atoms with Crippen molar-refractivity contribution in [3.05, 3.63) is 35.4 Å². The second-order valence-corrected chi connectivity index (χ2v) is 6.56. The zero-order valence-corrected chi connectivity index (χ0v) is 13.1. The highest BCUT2D eigenvalue weighted by atomic mass is 16.3. The lowest BCUT2D eigenvalue weighted by Crippen LogP contribution is -2.13. The van der Waals surface area contributed by atoms with Crippen molar-refractivity contribution in [2.24, 2.45) is 5.92 Å². The van der Waals surface area contributed by atoms with Crippen LogP contribution >= 0.6 is 0 Å². The molecule has 1 fully saturated rings. The van der Waals surface area contributed by atoms with Crippen LogP contribution in [0.5, 0.6) is 0 Å². The molecule has 1 aromatic carbocycles. The molecule has 1 saturated carbocycles. The molecular formula is C19H30O. The first-order chi connectivity index (χ1) is 9.70. The lowest BCUT2D eigenvalue weighted by molar-refractivity contribution is 0.199. The van der Waals surface area contributed by atoms with E-state index >= 15 is 0 Å². The first-order valence-corrected chi connectivity index (χ1v) is 8.48. The van der Waals surface area contributed by atoms with Gasteiger partial charge in [0.05, 0.1) is 6.10 Å². The van der Waals surface area contributed by atoms with Gasteiger partial charge in [0.2, 0.25) is 0 Å². The van der Waals surface area contributed by atoms with E-state index in [1.54, 1.807) is 0 Å². The number of benzene rings is 1. The highest BCUT2D eigenvalue weighted by molar-refractivity contribution is 5.28. The third-order valence-corrected chi connectivity index (χ3v) is 4.93. The zero-order valence-electron chi connectivity index (χ0n) is 13.1. The van der Waals surface area contributed by atoms with Crippen molar-refractivity contribution in [3.63, 3.8) is 0 Å². The molecule has 1 atom stereocenters. The van der Waals surface area contributed by atoms with Crippen molar-refractivity contribution in [2.75, 3.05) is 0 Å². The van der Waals surface area contributed by atoms with Gasteiger partial charge in [-0.05, 0) is 55.6 Å². The highest BCUT2D eigenvalue weighted by Gasteiger charge is 2.22. The summed E-state index contributed by atoms with van der Waals surface area (Å²) in [7, 11) is 0. The molecule has 0 spiro atoms. The second-order valence-electron chi connectivity index (χ2n) is 6.56. The number of hydrogen-bond acceptors (Lipinski definition) is 1. The van der Waals surface area contributed by atoms with E-state index in [1.165, 1.54) is 56.9 Å². The fourth-order valence-electron chi connectivity index (χ4n) is 3.54. The minimum absolute atomic E-state index is 0.347. The Kier molecular flexibility index (Phi) is 6.09. The maximum Gasteiger partial charge on any atom is 0.0762 e. The molecule has 0 amide bonds. The van der Waals surface area contributed by atoms with Crippen LogP contribution in [0.4, 0.5) is 0 Å². The van der Waals surface area contributed by atoms with Crippen LogP contribution in [-0.4, -0.2) is 5.11 Å². The Hall–Kier alpha value is -0.820. The minimum Gasteiger partial charge on any atom is -0.389 e. The molecule has 0 heterocycles. The smallest absolute Gasteiger partial charge is 0.0762 e. The van der Waals surface area contributed by atoms with Gasteiger partial charge in [-0.1, -0.05) is 56.9 Å². The van der Waals surface area contributed by atoms with E-state index in [0.717, 1.165) is 17.4 Å². The van der Waals surface area contributed by atoms with Crippen LogP contribution in [0.1, 0.15) is 88.4 Å². The molecule has 112 valence electrons. The average molecular weight is 274 g/mol. The molecular weight excluding hydrogens is 244 g/mol. The normalized spacial score (nSPS) is 24.6. The van der Waals surface area contributed by atoms with Gasteiger partial charge in [0.1, 0.15) is 0 Å². The molecule has 0 aliphatic heterocycles. The number of unbranched alkanes of at least 4 members (excludes halogenated alkanes) is 2. The van der Waals surface area contributed by atoms with Gasteiger partial charge in [-0.3, -0.25) is 0 Å². The monoisotopic (exact) mass is 274 g/mol. The summed E-state index contributed by atoms with van der Waals surface area (Å²) in [6, 6.07) is 8.59. The van der Waals surface area contributed by atoms with Crippen LogP contribution in [0.15, 0.2) is 24.3 Å². The number of rotatable bonds is 6. The summed E-state index contributed by atoms with van der Waals surface area (Å²) in [5.41, 5.74) is 2.50. The predicted octanol–water partition coefficient (Wildman–Crippen LogP) is 5.59. The molecule has 0 bridgehead atoms. The Morgan fingerprint density at radius 2 is 1.90 bits per heavy atom. The standard InChI is InChI=1S/C19H30O/c1-3-4-5-7-16-10-12-17(13-11-16)19-9-6-8-18(14-19)15(2)20/h6,8-9,14-17,20H,3-5,7,10-13H2,1-2H3.